The minimum absolute atomic E-state index is 0.0906. The maximum atomic E-state index is 12.6. The van der Waals surface area contributed by atoms with Gasteiger partial charge in [0.05, 0.1) is 59.0 Å². The lowest BCUT2D eigenvalue weighted by atomic mass is 10.1. The zero-order valence-corrected chi connectivity index (χ0v) is 50.6. The highest BCUT2D eigenvalue weighted by molar-refractivity contribution is 6.04. The number of likely N-dealkylation sites (N-methyl/N-ethyl adjacent to an activating group) is 3. The molecule has 27 heteroatoms. The Hall–Kier alpha value is -8.46. The largest absolute Gasteiger partial charge is 0.379 e. The first-order valence-corrected chi connectivity index (χ1v) is 28.5. The van der Waals surface area contributed by atoms with Crippen molar-refractivity contribution in [3.63, 3.8) is 0 Å². The lowest BCUT2D eigenvalue weighted by Gasteiger charge is -2.19. The van der Waals surface area contributed by atoms with Crippen molar-refractivity contribution >= 4 is 83.1 Å². The van der Waals surface area contributed by atoms with Crippen molar-refractivity contribution in [1.82, 2.24) is 63.0 Å². The molecule has 27 nitrogen and oxygen atoms in total. The second kappa shape index (κ2) is 46.0. The minimum atomic E-state index is -0.971. The Labute approximate surface area is 498 Å². The Morgan fingerprint density at radius 3 is 1.31 bits per heavy atom. The Bertz CT molecular complexity index is 2450. The van der Waals surface area contributed by atoms with E-state index in [0.29, 0.717) is 58.4 Å². The molecular weight excluding hydrogens is 1100 g/mol. The molecule has 10 N–H and O–H groups in total. The first-order valence-electron chi connectivity index (χ1n) is 28.5. The number of nitrogens with one attached hydrogen (secondary N) is 10. The highest BCUT2D eigenvalue weighted by Crippen LogP contribution is 2.20. The number of ether oxygens (including phenoxy) is 1. The molecule has 0 bridgehead atoms. The number of nitrogens with zero attached hydrogens (tertiary/aromatic N) is 2. The summed E-state index contributed by atoms with van der Waals surface area (Å²) in [4.78, 5) is 167. The molecule has 2 aliphatic rings. The van der Waals surface area contributed by atoms with Crippen LogP contribution in [0.15, 0.2) is 60.7 Å². The molecule has 2 aromatic rings. The van der Waals surface area contributed by atoms with Gasteiger partial charge in [0.1, 0.15) is 18.4 Å². The number of carbonyl (C=O) groups is 14. The molecule has 0 saturated carbocycles. The van der Waals surface area contributed by atoms with E-state index in [1.165, 1.54) is 23.9 Å². The summed E-state index contributed by atoms with van der Waals surface area (Å²) in [6.45, 7) is 11.4. The molecule has 2 fully saturated rings. The van der Waals surface area contributed by atoms with Gasteiger partial charge in [-0.25, -0.2) is 0 Å². The molecule has 4 rings (SSSR count). The van der Waals surface area contributed by atoms with E-state index in [-0.39, 0.29) is 112 Å². The van der Waals surface area contributed by atoms with E-state index < -0.39 is 54.1 Å². The first-order chi connectivity index (χ1) is 40.7. The van der Waals surface area contributed by atoms with Gasteiger partial charge in [-0.15, -0.1) is 0 Å². The van der Waals surface area contributed by atoms with Crippen molar-refractivity contribution in [1.29, 1.82) is 0 Å². The second-order valence-corrected chi connectivity index (χ2v) is 18.6. The van der Waals surface area contributed by atoms with Gasteiger partial charge in [0.25, 0.3) is 0 Å². The van der Waals surface area contributed by atoms with Crippen LogP contribution in [0.2, 0.25) is 0 Å². The topological polar surface area (TPSA) is 375 Å². The van der Waals surface area contributed by atoms with E-state index in [1.807, 2.05) is 64.1 Å². The van der Waals surface area contributed by atoms with Crippen molar-refractivity contribution in [2.24, 2.45) is 11.8 Å². The summed E-state index contributed by atoms with van der Waals surface area (Å²) in [5, 5.41) is 24.9. The summed E-state index contributed by atoms with van der Waals surface area (Å²) >= 11 is 0. The van der Waals surface area contributed by atoms with Crippen LogP contribution >= 0.6 is 0 Å². The molecule has 4 unspecified atom stereocenters. The second-order valence-electron chi connectivity index (χ2n) is 18.6. The molecule has 0 spiro atoms. The van der Waals surface area contributed by atoms with Crippen molar-refractivity contribution in [3.8, 4) is 0 Å². The van der Waals surface area contributed by atoms with Crippen LogP contribution in [0.3, 0.4) is 0 Å². The zero-order valence-electron chi connectivity index (χ0n) is 50.6. The van der Waals surface area contributed by atoms with Gasteiger partial charge < -0.3 is 62.7 Å². The number of aldehydes is 1. The van der Waals surface area contributed by atoms with Crippen molar-refractivity contribution in [2.75, 3.05) is 86.7 Å². The maximum absolute atomic E-state index is 12.6. The summed E-state index contributed by atoms with van der Waals surface area (Å²) < 4.78 is 5.09. The van der Waals surface area contributed by atoms with E-state index in [1.54, 1.807) is 45.2 Å². The number of carbonyl (C=O) groups excluding carboxylic acids is 14. The van der Waals surface area contributed by atoms with Crippen LogP contribution < -0.4 is 53.2 Å². The molecule has 2 heterocycles. The van der Waals surface area contributed by atoms with Crippen LogP contribution in [0.4, 0.5) is 0 Å². The number of rotatable bonds is 32. The number of benzene rings is 2. The molecule has 0 aliphatic carbocycles. The molecule has 85 heavy (non-hydrogen) atoms. The highest BCUT2D eigenvalue weighted by atomic mass is 16.5. The predicted molar refractivity (Wildman–Crippen MR) is 315 cm³/mol. The van der Waals surface area contributed by atoms with Crippen LogP contribution in [0, 0.1) is 11.8 Å². The molecular formula is C58H90N12O15. The van der Waals surface area contributed by atoms with Gasteiger partial charge in [-0.2, -0.15) is 0 Å². The standard InChI is InChI=1S/C27H38N6O7.C17H25N5O4.C10H15NO4.2C2H6/c1-18-13-25(38)33(27(18)40)12-8-4-7-11-21(34)29-16-23(36)30-17-24(37)32-20(14-19-9-5-3-6-10-19)26(39)31-15-22(35)28-2;1-18-9-15(24)20-11-16(25)22-13(8-12-6-4-3-5-7-12)17(26)21-10-14(23)19-2;1-8-7-9(13)11(10(8)14)3-6-15-5-2-4-12;2*1-2/h3,5-6,9-10,18,20H,4,7-8,11-17H2,1-2H3,(H,28,35)(H,29,34)(H,30,36)(H,31,39)(H,32,37);3-7,13,18H,8-11H2,1-2H3,(H,19,23)(H,20,24)(H,21,26)(H,22,25);4,8H,2-3,5-7H2,1H3;2*1-2H3. The molecule has 472 valence electrons. The third-order valence-corrected chi connectivity index (χ3v) is 12.0. The lowest BCUT2D eigenvalue weighted by Crippen LogP contribution is -2.52. The average molecular weight is 1200 g/mol. The normalized spacial score (nSPS) is 14.5. The van der Waals surface area contributed by atoms with Gasteiger partial charge in [-0.3, -0.25) is 72.1 Å². The molecule has 2 aromatic carbocycles. The molecule has 0 radical (unpaired) electrons. The van der Waals surface area contributed by atoms with Gasteiger partial charge in [-0.05, 0) is 31.0 Å². The maximum Gasteiger partial charge on any atom is 0.243 e. The van der Waals surface area contributed by atoms with Gasteiger partial charge >= 0.3 is 0 Å². The molecule has 4 atom stereocenters. The molecule has 2 saturated heterocycles. The van der Waals surface area contributed by atoms with Crippen molar-refractivity contribution in [2.45, 2.75) is 111 Å². The van der Waals surface area contributed by atoms with Crippen molar-refractivity contribution in [3.05, 3.63) is 71.8 Å². The van der Waals surface area contributed by atoms with E-state index in [9.17, 15) is 67.1 Å². The number of hydrogen-bond donors (Lipinski definition) is 10. The lowest BCUT2D eigenvalue weighted by molar-refractivity contribution is -0.141. The quantitative estimate of drug-likeness (QED) is 0.0232. The third-order valence-electron chi connectivity index (χ3n) is 12.0. The monoisotopic (exact) mass is 1190 g/mol. The van der Waals surface area contributed by atoms with E-state index in [4.69, 9.17) is 4.74 Å². The van der Waals surface area contributed by atoms with Gasteiger partial charge in [0, 0.05) is 71.0 Å². The summed E-state index contributed by atoms with van der Waals surface area (Å²) in [5.74, 6) is -5.16. The number of likely N-dealkylation sites (tertiary alicyclic amines) is 2. The fraction of sp³-hybridized carbons (Fsp3) is 0.552. The summed E-state index contributed by atoms with van der Waals surface area (Å²) in [6, 6.07) is 16.3. The predicted octanol–water partition coefficient (Wildman–Crippen LogP) is -1.29. The zero-order chi connectivity index (χ0) is 64.1. The van der Waals surface area contributed by atoms with Gasteiger partial charge in [-0.1, -0.05) is 109 Å². The van der Waals surface area contributed by atoms with E-state index in [2.05, 4.69) is 53.2 Å². The van der Waals surface area contributed by atoms with E-state index >= 15 is 0 Å². The number of hydrogen-bond acceptors (Lipinski definition) is 16. The van der Waals surface area contributed by atoms with Crippen LogP contribution in [-0.2, 0) is 84.7 Å². The van der Waals surface area contributed by atoms with Crippen LogP contribution in [0.25, 0.3) is 0 Å². The Kier molecular flexibility index (Phi) is 41.4. The van der Waals surface area contributed by atoms with Crippen molar-refractivity contribution < 1.29 is 71.9 Å². The number of unbranched alkanes of at least 4 members (excludes halogenated alkanes) is 2. The minimum Gasteiger partial charge on any atom is -0.379 e. The summed E-state index contributed by atoms with van der Waals surface area (Å²) in [7, 11) is 4.52. The Morgan fingerprint density at radius 2 is 0.906 bits per heavy atom. The fourth-order valence-corrected chi connectivity index (χ4v) is 7.57. The van der Waals surface area contributed by atoms with Crippen LogP contribution in [0.5, 0.6) is 0 Å². The van der Waals surface area contributed by atoms with Crippen LogP contribution in [0.1, 0.15) is 97.6 Å². The Balaban J connectivity index is 0.00000134. The Morgan fingerprint density at radius 1 is 0.506 bits per heavy atom. The highest BCUT2D eigenvalue weighted by Gasteiger charge is 2.36. The molecule has 2 aliphatic heterocycles. The SMILES string of the molecule is CC.CC.CC1CC(=O)N(CCOCCC=O)C1=O.CNC(=O)CNC(=O)C(Cc1ccccc1)NC(=O)CNC(=O)CNC(=O)CCCCCN1C(=O)CC(C)C1=O.CNCC(=O)NCC(=O)NC(Cc1ccccc1)C(=O)NCC(=O)NC. The smallest absolute Gasteiger partial charge is 0.243 e. The van der Waals surface area contributed by atoms with E-state index in [0.717, 1.165) is 17.4 Å². The van der Waals surface area contributed by atoms with Crippen LogP contribution in [-0.4, -0.2) is 192 Å². The number of imide groups is 2. The average Bonchev–Trinajstić information content (AvgIpc) is 3.95. The van der Waals surface area contributed by atoms with Gasteiger partial charge in [0.15, 0.2) is 0 Å². The number of amides is 13. The summed E-state index contributed by atoms with van der Waals surface area (Å²) in [5.41, 5.74) is 1.65. The molecule has 0 aromatic heterocycles. The van der Waals surface area contributed by atoms with Gasteiger partial charge in [0.2, 0.25) is 76.8 Å². The first kappa shape index (κ1) is 76.5. The fourth-order valence-electron chi connectivity index (χ4n) is 7.57. The summed E-state index contributed by atoms with van der Waals surface area (Å²) in [6.07, 6.45) is 4.06. The molecule has 13 amide bonds. The third kappa shape index (κ3) is 33.4.